The molecule has 2 rings (SSSR count). The molecule has 0 aromatic heterocycles. The fourth-order valence-corrected chi connectivity index (χ4v) is 1.97. The zero-order chi connectivity index (χ0) is 8.39. The second-order valence-electron chi connectivity index (χ2n) is 2.75. The summed E-state index contributed by atoms with van der Waals surface area (Å²) in [6.07, 6.45) is 12.1. The predicted molar refractivity (Wildman–Crippen MR) is 55.0 cm³/mol. The molecule has 2 atom stereocenters. The van der Waals surface area contributed by atoms with Crippen molar-refractivity contribution < 1.29 is 0 Å². The average Bonchev–Trinajstić information content (AvgIpc) is 2.17. The molecular weight excluding hydrogens is 166 g/mol. The van der Waals surface area contributed by atoms with E-state index in [9.17, 15) is 0 Å². The molecule has 0 saturated carbocycles. The van der Waals surface area contributed by atoms with Crippen molar-refractivity contribution in [2.24, 2.45) is 4.99 Å². The number of nitrogens with zero attached hydrogens (tertiary/aromatic N) is 1. The smallest absolute Gasteiger partial charge is 0.0940 e. The Morgan fingerprint density at radius 3 is 3.17 bits per heavy atom. The van der Waals surface area contributed by atoms with Gasteiger partial charge in [0.25, 0.3) is 0 Å². The lowest BCUT2D eigenvalue weighted by atomic mass is 9.97. The lowest BCUT2D eigenvalue weighted by Gasteiger charge is -2.22. The van der Waals surface area contributed by atoms with Crippen LogP contribution in [0.4, 0.5) is 0 Å². The van der Waals surface area contributed by atoms with Crippen molar-refractivity contribution in [3.05, 3.63) is 36.0 Å². The second-order valence-corrected chi connectivity index (χ2v) is 3.57. The Hall–Kier alpha value is -1.11. The molecule has 0 aromatic rings. The monoisotopic (exact) mass is 175 g/mol. The summed E-state index contributed by atoms with van der Waals surface area (Å²) in [4.78, 5) is 4.37. The highest BCUT2D eigenvalue weighted by atomic mass is 32.1. The summed E-state index contributed by atoms with van der Waals surface area (Å²) in [5.41, 5.74) is 6.80. The van der Waals surface area contributed by atoms with Gasteiger partial charge in [0.15, 0.2) is 0 Å². The maximum absolute atomic E-state index is 5.55. The molecule has 2 heteroatoms. The molecule has 1 unspecified atom stereocenters. The first-order valence-electron chi connectivity index (χ1n) is 3.85. The van der Waals surface area contributed by atoms with Gasteiger partial charge in [-0.2, -0.15) is 0 Å². The van der Waals surface area contributed by atoms with E-state index in [-0.39, 0.29) is 6.04 Å². The van der Waals surface area contributed by atoms with Crippen molar-refractivity contribution in [1.29, 1.82) is 0 Å². The van der Waals surface area contributed by atoms with Gasteiger partial charge in [0.05, 0.1) is 11.3 Å². The largest absolute Gasteiger partial charge is 0.283 e. The van der Waals surface area contributed by atoms with Gasteiger partial charge < -0.3 is 0 Å². The molecule has 0 spiro atoms. The van der Waals surface area contributed by atoms with Crippen molar-refractivity contribution in [1.82, 2.24) is 0 Å². The Morgan fingerprint density at radius 1 is 1.42 bits per heavy atom. The molecule has 0 amide bonds. The number of dihydropyridines is 1. The van der Waals surface area contributed by atoms with Crippen LogP contribution in [0.1, 0.15) is 0 Å². The van der Waals surface area contributed by atoms with Gasteiger partial charge in [0.2, 0.25) is 0 Å². The SMILES string of the molecule is C#S[C@H]1C=CC=C2C=CC=NC21. The summed E-state index contributed by atoms with van der Waals surface area (Å²) in [6, 6.07) is 0.231. The molecular formula is C10H9NS. The number of allylic oxidation sites excluding steroid dienone is 3. The highest BCUT2D eigenvalue weighted by molar-refractivity contribution is 7.89. The van der Waals surface area contributed by atoms with Crippen molar-refractivity contribution in [2.45, 2.75) is 11.3 Å². The van der Waals surface area contributed by atoms with E-state index >= 15 is 0 Å². The minimum Gasteiger partial charge on any atom is -0.283 e. The highest BCUT2D eigenvalue weighted by Crippen LogP contribution is 2.24. The maximum Gasteiger partial charge on any atom is 0.0940 e. The molecule has 2 aliphatic rings. The molecule has 1 heterocycles. The Balaban J connectivity index is 2.36. The predicted octanol–water partition coefficient (Wildman–Crippen LogP) is 2.18. The van der Waals surface area contributed by atoms with Crippen LogP contribution in [0, 0.1) is 5.69 Å². The first-order valence-corrected chi connectivity index (χ1v) is 4.80. The number of fused-ring (bicyclic) bond motifs is 1. The van der Waals surface area contributed by atoms with Gasteiger partial charge in [0, 0.05) is 6.21 Å². The van der Waals surface area contributed by atoms with Crippen molar-refractivity contribution >= 4 is 17.4 Å². The topological polar surface area (TPSA) is 12.4 Å². The van der Waals surface area contributed by atoms with E-state index in [2.05, 4.69) is 23.2 Å². The molecule has 12 heavy (non-hydrogen) atoms. The average molecular weight is 175 g/mol. The van der Waals surface area contributed by atoms with E-state index in [0.717, 1.165) is 0 Å². The Labute approximate surface area is 75.8 Å². The maximum atomic E-state index is 5.55. The van der Waals surface area contributed by atoms with Gasteiger partial charge in [-0.25, -0.2) is 0 Å². The molecule has 1 aliphatic heterocycles. The van der Waals surface area contributed by atoms with Gasteiger partial charge in [-0.15, -0.1) is 16.9 Å². The minimum atomic E-state index is 0.231. The molecule has 0 bridgehead atoms. The molecule has 0 aromatic carbocycles. The summed E-state index contributed by atoms with van der Waals surface area (Å²) < 4.78 is 0. The number of hydrogen-bond acceptors (Lipinski definition) is 1. The molecule has 60 valence electrons. The third-order valence-electron chi connectivity index (χ3n) is 2.02. The summed E-state index contributed by atoms with van der Waals surface area (Å²) in [7, 11) is 0. The summed E-state index contributed by atoms with van der Waals surface area (Å²) in [6.45, 7) is 0. The number of hydrogen-bond donors (Lipinski definition) is 0. The van der Waals surface area contributed by atoms with E-state index in [1.54, 1.807) is 0 Å². The molecule has 0 fully saturated rings. The van der Waals surface area contributed by atoms with Crippen LogP contribution < -0.4 is 0 Å². The van der Waals surface area contributed by atoms with Crippen LogP contribution in [-0.2, 0) is 0 Å². The van der Waals surface area contributed by atoms with Crippen molar-refractivity contribution in [3.63, 3.8) is 0 Å². The fourth-order valence-electron chi connectivity index (χ4n) is 1.41. The lowest BCUT2D eigenvalue weighted by molar-refractivity contribution is 0.812. The Morgan fingerprint density at radius 2 is 2.33 bits per heavy atom. The fraction of sp³-hybridized carbons (Fsp3) is 0.200. The van der Waals surface area contributed by atoms with Crippen LogP contribution >= 0.6 is 11.2 Å². The second kappa shape index (κ2) is 3.10. The Bertz CT molecular complexity index is 341. The van der Waals surface area contributed by atoms with Crippen LogP contribution in [0.3, 0.4) is 0 Å². The number of aliphatic imine (C=N–C) groups is 1. The minimum absolute atomic E-state index is 0.231. The van der Waals surface area contributed by atoms with Crippen molar-refractivity contribution in [2.75, 3.05) is 0 Å². The van der Waals surface area contributed by atoms with E-state index in [1.807, 2.05) is 18.4 Å². The Kier molecular flexibility index (Phi) is 1.94. The van der Waals surface area contributed by atoms with Crippen molar-refractivity contribution in [3.8, 4) is 5.69 Å². The third-order valence-corrected chi connectivity index (χ3v) is 2.75. The van der Waals surface area contributed by atoms with Gasteiger partial charge in [0.1, 0.15) is 0 Å². The summed E-state index contributed by atoms with van der Waals surface area (Å²) in [5, 5.41) is 0.297. The highest BCUT2D eigenvalue weighted by Gasteiger charge is 2.21. The van der Waals surface area contributed by atoms with E-state index in [1.165, 1.54) is 16.7 Å². The van der Waals surface area contributed by atoms with Crippen LogP contribution in [0.2, 0.25) is 0 Å². The standard InChI is InChI=1S/C10H9NS/c1-12-9-6-2-4-8-5-3-7-11-10(8)9/h1-7,9-10H/t9-,10?/m0/s1. The van der Waals surface area contributed by atoms with Crippen LogP contribution in [0.25, 0.3) is 0 Å². The quantitative estimate of drug-likeness (QED) is 0.535. The normalized spacial score (nSPS) is 31.1. The van der Waals surface area contributed by atoms with Crippen LogP contribution in [0.5, 0.6) is 0 Å². The molecule has 0 N–H and O–H groups in total. The van der Waals surface area contributed by atoms with Crippen LogP contribution in [-0.4, -0.2) is 17.5 Å². The molecule has 1 aliphatic carbocycles. The zero-order valence-electron chi connectivity index (χ0n) is 6.55. The van der Waals surface area contributed by atoms with Gasteiger partial charge in [-0.3, -0.25) is 4.99 Å². The summed E-state index contributed by atoms with van der Waals surface area (Å²) >= 11 is 1.36. The van der Waals surface area contributed by atoms with E-state index < -0.39 is 0 Å². The van der Waals surface area contributed by atoms with E-state index in [4.69, 9.17) is 5.69 Å². The van der Waals surface area contributed by atoms with Gasteiger partial charge in [-0.05, 0) is 11.6 Å². The summed E-state index contributed by atoms with van der Waals surface area (Å²) in [5.74, 6) is 0. The zero-order valence-corrected chi connectivity index (χ0v) is 7.37. The lowest BCUT2D eigenvalue weighted by Crippen LogP contribution is -2.23. The number of rotatable bonds is 0. The third kappa shape index (κ3) is 1.15. The first-order chi connectivity index (χ1) is 5.92. The first kappa shape index (κ1) is 7.53. The van der Waals surface area contributed by atoms with Crippen LogP contribution in [0.15, 0.2) is 40.9 Å². The molecule has 0 radical (unpaired) electrons. The van der Waals surface area contributed by atoms with E-state index in [0.29, 0.717) is 5.25 Å². The van der Waals surface area contributed by atoms with Gasteiger partial charge in [-0.1, -0.05) is 24.3 Å². The molecule has 1 nitrogen and oxygen atoms in total. The molecule has 0 saturated heterocycles. The van der Waals surface area contributed by atoms with Gasteiger partial charge >= 0.3 is 0 Å².